The Hall–Kier alpha value is -0.910. The molecule has 0 bridgehead atoms. The van der Waals surface area contributed by atoms with Crippen LogP contribution in [0.3, 0.4) is 0 Å². The second-order valence-corrected chi connectivity index (χ2v) is 3.94. The maximum absolute atomic E-state index is 12.6. The van der Waals surface area contributed by atoms with Crippen LogP contribution < -0.4 is 0 Å². The zero-order valence-corrected chi connectivity index (χ0v) is 8.63. The molecule has 1 aromatic rings. The summed E-state index contributed by atoms with van der Waals surface area (Å²) in [6, 6.07) is 0. The molecule has 0 atom stereocenters. The summed E-state index contributed by atoms with van der Waals surface area (Å²) in [5.74, 6) is 0. The number of nitrogens with one attached hydrogen (secondary N) is 1. The van der Waals surface area contributed by atoms with Crippen molar-refractivity contribution in [3.63, 3.8) is 0 Å². The fraction of sp³-hybridized carbons (Fsp3) is 0.556. The summed E-state index contributed by atoms with van der Waals surface area (Å²) in [5.41, 5.74) is 0.0943. The summed E-state index contributed by atoms with van der Waals surface area (Å²) in [7, 11) is 0. The van der Waals surface area contributed by atoms with Crippen molar-refractivity contribution in [2.24, 2.45) is 0 Å². The Kier molecular flexibility index (Phi) is 2.54. The van der Waals surface area contributed by atoms with Crippen LogP contribution in [0.2, 0.25) is 0 Å². The summed E-state index contributed by atoms with van der Waals surface area (Å²) in [4.78, 5) is 6.14. The van der Waals surface area contributed by atoms with E-state index in [0.29, 0.717) is 24.1 Å². The molecule has 0 radical (unpaired) electrons. The van der Waals surface area contributed by atoms with E-state index in [1.165, 1.54) is 0 Å². The third-order valence-corrected chi connectivity index (χ3v) is 2.69. The van der Waals surface area contributed by atoms with Crippen LogP contribution in [-0.4, -0.2) is 9.97 Å². The largest absolute Gasteiger partial charge is 0.433 e. The van der Waals surface area contributed by atoms with E-state index in [2.05, 4.69) is 22.2 Å². The van der Waals surface area contributed by atoms with E-state index in [4.69, 9.17) is 0 Å². The maximum atomic E-state index is 12.6. The number of fused-ring (bicyclic) bond motifs is 1. The van der Waals surface area contributed by atoms with Gasteiger partial charge in [0.05, 0.1) is 0 Å². The van der Waals surface area contributed by atoms with E-state index >= 15 is 0 Å². The van der Waals surface area contributed by atoms with Gasteiger partial charge in [0.1, 0.15) is 0 Å². The quantitative estimate of drug-likeness (QED) is 0.699. The molecule has 1 aliphatic rings. The molecule has 0 unspecified atom stereocenters. The second-order valence-electron chi connectivity index (χ2n) is 3.55. The van der Waals surface area contributed by atoms with Crippen molar-refractivity contribution >= 4 is 12.2 Å². The lowest BCUT2D eigenvalue weighted by Gasteiger charge is -2.19. The Morgan fingerprint density at radius 2 is 1.87 bits per heavy atom. The van der Waals surface area contributed by atoms with Crippen molar-refractivity contribution in [3.05, 3.63) is 21.7 Å². The summed E-state index contributed by atoms with van der Waals surface area (Å²) in [6.07, 6.45) is -1.65. The van der Waals surface area contributed by atoms with Crippen molar-refractivity contribution in [2.75, 3.05) is 0 Å². The lowest BCUT2D eigenvalue weighted by Crippen LogP contribution is -2.18. The van der Waals surface area contributed by atoms with Crippen LogP contribution in [-0.2, 0) is 19.0 Å². The van der Waals surface area contributed by atoms with Crippen LogP contribution in [0.5, 0.6) is 0 Å². The number of H-pyrrole nitrogens is 1. The highest BCUT2D eigenvalue weighted by Gasteiger charge is 2.37. The molecule has 2 rings (SSSR count). The molecule has 2 nitrogen and oxygen atoms in total. The first-order chi connectivity index (χ1) is 6.98. The molecule has 0 amide bonds. The number of alkyl halides is 3. The number of aryl methyl sites for hydroxylation is 1. The Morgan fingerprint density at radius 1 is 1.20 bits per heavy atom. The minimum atomic E-state index is -4.40. The van der Waals surface area contributed by atoms with E-state index < -0.39 is 11.9 Å². The standard InChI is InChI=1S/C9H9F3N2S/c10-9(11,12)7-5-3-1-2-4-6(5)13-8(15)14-7/h1-4H2,(H,13,14,15). The van der Waals surface area contributed by atoms with Crippen LogP contribution in [0.25, 0.3) is 0 Å². The third-order valence-electron chi connectivity index (χ3n) is 2.49. The summed E-state index contributed by atoms with van der Waals surface area (Å²) >= 11 is 4.69. The molecule has 0 fully saturated rings. The lowest BCUT2D eigenvalue weighted by atomic mass is 9.94. The van der Waals surface area contributed by atoms with Crippen LogP contribution in [0.4, 0.5) is 13.2 Å². The average Bonchev–Trinajstić information content (AvgIpc) is 2.15. The number of rotatable bonds is 0. The zero-order chi connectivity index (χ0) is 11.1. The van der Waals surface area contributed by atoms with Gasteiger partial charge in [0.25, 0.3) is 0 Å². The normalized spacial score (nSPS) is 16.2. The SMILES string of the molecule is FC(F)(F)c1nc(=S)[nH]c2c1CCCC2. The highest BCUT2D eigenvalue weighted by Crippen LogP contribution is 2.33. The predicted molar refractivity (Wildman–Crippen MR) is 51.1 cm³/mol. The van der Waals surface area contributed by atoms with Gasteiger partial charge in [-0.3, -0.25) is 0 Å². The van der Waals surface area contributed by atoms with Crippen LogP contribution in [0.1, 0.15) is 29.8 Å². The smallest absolute Gasteiger partial charge is 0.334 e. The minimum Gasteiger partial charge on any atom is -0.334 e. The summed E-state index contributed by atoms with van der Waals surface area (Å²) < 4.78 is 37.8. The number of aromatic amines is 1. The molecule has 0 saturated heterocycles. The van der Waals surface area contributed by atoms with Gasteiger partial charge in [-0.25, -0.2) is 4.98 Å². The average molecular weight is 234 g/mol. The lowest BCUT2D eigenvalue weighted by molar-refractivity contribution is -0.142. The van der Waals surface area contributed by atoms with E-state index in [1.54, 1.807) is 0 Å². The minimum absolute atomic E-state index is 0.0806. The van der Waals surface area contributed by atoms with Crippen LogP contribution in [0.15, 0.2) is 0 Å². The third kappa shape index (κ3) is 2.04. The topological polar surface area (TPSA) is 28.7 Å². The molecular weight excluding hydrogens is 225 g/mol. The molecule has 1 heterocycles. The molecule has 0 spiro atoms. The van der Waals surface area contributed by atoms with Crippen molar-refractivity contribution in [1.29, 1.82) is 0 Å². The van der Waals surface area contributed by atoms with Gasteiger partial charge in [-0.05, 0) is 37.9 Å². The Labute approximate surface area is 89.5 Å². The number of aromatic nitrogens is 2. The van der Waals surface area contributed by atoms with E-state index in [0.717, 1.165) is 12.8 Å². The van der Waals surface area contributed by atoms with Crippen molar-refractivity contribution in [3.8, 4) is 0 Å². The van der Waals surface area contributed by atoms with Crippen molar-refractivity contribution < 1.29 is 13.2 Å². The fourth-order valence-electron chi connectivity index (χ4n) is 1.87. The van der Waals surface area contributed by atoms with Crippen molar-refractivity contribution in [2.45, 2.75) is 31.9 Å². The zero-order valence-electron chi connectivity index (χ0n) is 7.82. The Balaban J connectivity index is 2.63. The van der Waals surface area contributed by atoms with E-state index in [1.807, 2.05) is 0 Å². The van der Waals surface area contributed by atoms with Gasteiger partial charge in [-0.1, -0.05) is 0 Å². The molecule has 6 heteroatoms. The maximum Gasteiger partial charge on any atom is 0.433 e. The van der Waals surface area contributed by atoms with Gasteiger partial charge in [-0.15, -0.1) is 0 Å². The highest BCUT2D eigenvalue weighted by molar-refractivity contribution is 7.71. The molecule has 1 N–H and O–H groups in total. The number of nitrogens with zero attached hydrogens (tertiary/aromatic N) is 1. The van der Waals surface area contributed by atoms with E-state index in [-0.39, 0.29) is 4.77 Å². The molecule has 82 valence electrons. The first-order valence-electron chi connectivity index (χ1n) is 4.68. The Bertz CT molecular complexity index is 436. The first-order valence-corrected chi connectivity index (χ1v) is 5.08. The monoisotopic (exact) mass is 234 g/mol. The van der Waals surface area contributed by atoms with Gasteiger partial charge in [0.15, 0.2) is 10.5 Å². The van der Waals surface area contributed by atoms with Crippen LogP contribution in [0, 0.1) is 4.77 Å². The fourth-order valence-corrected chi connectivity index (χ4v) is 2.08. The second kappa shape index (κ2) is 3.59. The van der Waals surface area contributed by atoms with Crippen LogP contribution >= 0.6 is 12.2 Å². The molecule has 1 aromatic heterocycles. The van der Waals surface area contributed by atoms with Gasteiger partial charge in [0, 0.05) is 11.3 Å². The first kappa shape index (κ1) is 10.6. The predicted octanol–water partition coefficient (Wildman–Crippen LogP) is 3.04. The molecule has 0 saturated carbocycles. The number of hydrogen-bond acceptors (Lipinski definition) is 2. The Morgan fingerprint density at radius 3 is 2.53 bits per heavy atom. The molecule has 1 aliphatic carbocycles. The van der Waals surface area contributed by atoms with E-state index in [9.17, 15) is 13.2 Å². The van der Waals surface area contributed by atoms with Gasteiger partial charge in [-0.2, -0.15) is 13.2 Å². The number of halogens is 3. The molecule has 15 heavy (non-hydrogen) atoms. The van der Waals surface area contributed by atoms with Crippen molar-refractivity contribution in [1.82, 2.24) is 9.97 Å². The highest BCUT2D eigenvalue weighted by atomic mass is 32.1. The summed E-state index contributed by atoms with van der Waals surface area (Å²) in [6.45, 7) is 0. The molecular formula is C9H9F3N2S. The molecule has 0 aliphatic heterocycles. The van der Waals surface area contributed by atoms with Gasteiger partial charge in [0.2, 0.25) is 0 Å². The molecule has 0 aromatic carbocycles. The summed E-state index contributed by atoms with van der Waals surface area (Å²) in [5, 5.41) is 0. The number of hydrogen-bond donors (Lipinski definition) is 1. The van der Waals surface area contributed by atoms with Gasteiger partial charge >= 0.3 is 6.18 Å². The van der Waals surface area contributed by atoms with Gasteiger partial charge < -0.3 is 4.98 Å².